The Morgan fingerprint density at radius 3 is 2.49 bits per heavy atom. The van der Waals surface area contributed by atoms with Crippen molar-refractivity contribution < 1.29 is 29.1 Å². The molecule has 12 nitrogen and oxygen atoms in total. The fourth-order valence-electron chi connectivity index (χ4n) is 4.47. The molecule has 0 spiro atoms. The van der Waals surface area contributed by atoms with Crippen LogP contribution in [0.25, 0.3) is 0 Å². The first kappa shape index (κ1) is 30.5. The Kier molecular flexibility index (Phi) is 9.54. The summed E-state index contributed by atoms with van der Waals surface area (Å²) in [6.07, 6.45) is 0. The van der Waals surface area contributed by atoms with Gasteiger partial charge in [-0.05, 0) is 48.9 Å². The number of carbonyl (C=O) groups is 2. The standard InChI is InChI=1S/C30H27N5O7S/c1-17-27(29(38)33-19-7-5-4-6-8-19)28(18-9-12-24(36)25(13-18)42-3)21(15-31)30(32-17)43-16-26(37)34-22-11-10-20(41-2)14-23(22)35(39)40/h4-14,28,32,36H,16H2,1-3H3,(H,33,38)(H,34,37)/t28-/m0/s1. The molecular formula is C30H27N5O7S. The Balaban J connectivity index is 1.66. The number of hydrogen-bond donors (Lipinski definition) is 4. The second kappa shape index (κ2) is 13.5. The number of para-hydroxylation sites is 1. The molecule has 220 valence electrons. The van der Waals surface area contributed by atoms with Crippen molar-refractivity contribution in [3.63, 3.8) is 0 Å². The van der Waals surface area contributed by atoms with E-state index < -0.39 is 22.7 Å². The third-order valence-corrected chi connectivity index (χ3v) is 7.50. The number of thioether (sulfide) groups is 1. The molecule has 1 heterocycles. The Morgan fingerprint density at radius 1 is 1.09 bits per heavy atom. The molecule has 1 atom stereocenters. The molecule has 0 aliphatic carbocycles. The van der Waals surface area contributed by atoms with Crippen LogP contribution in [0.5, 0.6) is 17.2 Å². The zero-order valence-electron chi connectivity index (χ0n) is 23.3. The van der Waals surface area contributed by atoms with Crippen molar-refractivity contribution >= 4 is 40.6 Å². The predicted molar refractivity (Wildman–Crippen MR) is 162 cm³/mol. The fraction of sp³-hybridized carbons (Fsp3) is 0.167. The number of nitrogens with one attached hydrogen (secondary N) is 3. The van der Waals surface area contributed by atoms with Gasteiger partial charge in [0.15, 0.2) is 11.5 Å². The van der Waals surface area contributed by atoms with Crippen LogP contribution in [-0.4, -0.2) is 41.8 Å². The number of dihydropyridines is 1. The van der Waals surface area contributed by atoms with Crippen LogP contribution in [0.2, 0.25) is 0 Å². The predicted octanol–water partition coefficient (Wildman–Crippen LogP) is 5.02. The molecule has 0 aromatic heterocycles. The lowest BCUT2D eigenvalue weighted by Gasteiger charge is -2.30. The summed E-state index contributed by atoms with van der Waals surface area (Å²) in [4.78, 5) is 37.3. The topological polar surface area (TPSA) is 176 Å². The van der Waals surface area contributed by atoms with Crippen molar-refractivity contribution in [1.82, 2.24) is 5.32 Å². The molecule has 13 heteroatoms. The second-order valence-corrected chi connectivity index (χ2v) is 10.2. The van der Waals surface area contributed by atoms with E-state index in [2.05, 4.69) is 22.0 Å². The molecule has 0 bridgehead atoms. The van der Waals surface area contributed by atoms with E-state index in [9.17, 15) is 30.1 Å². The van der Waals surface area contributed by atoms with Crippen LogP contribution in [0.4, 0.5) is 17.1 Å². The minimum atomic E-state index is -0.877. The zero-order valence-corrected chi connectivity index (χ0v) is 24.2. The van der Waals surface area contributed by atoms with E-state index in [1.165, 1.54) is 38.5 Å². The second-order valence-electron chi connectivity index (χ2n) is 9.18. The van der Waals surface area contributed by atoms with Crippen molar-refractivity contribution in [2.24, 2.45) is 0 Å². The summed E-state index contributed by atoms with van der Waals surface area (Å²) in [6.45, 7) is 1.68. The monoisotopic (exact) mass is 601 g/mol. The Bertz CT molecular complexity index is 1680. The Morgan fingerprint density at radius 2 is 1.84 bits per heavy atom. The molecule has 4 rings (SSSR count). The number of aromatic hydroxyl groups is 1. The van der Waals surface area contributed by atoms with Crippen LogP contribution in [0.15, 0.2) is 88.6 Å². The third kappa shape index (κ3) is 6.88. The number of methoxy groups -OCH3 is 2. The van der Waals surface area contributed by atoms with Gasteiger partial charge in [0.05, 0.1) is 53.6 Å². The zero-order chi connectivity index (χ0) is 31.1. The van der Waals surface area contributed by atoms with Crippen molar-refractivity contribution in [3.8, 4) is 23.3 Å². The average Bonchev–Trinajstić information content (AvgIpc) is 3.00. The molecule has 0 unspecified atom stereocenters. The van der Waals surface area contributed by atoms with Gasteiger partial charge in [0.1, 0.15) is 11.4 Å². The first-order valence-electron chi connectivity index (χ1n) is 12.8. The van der Waals surface area contributed by atoms with Gasteiger partial charge in [0.2, 0.25) is 5.91 Å². The Hall–Kier alpha value is -5.48. The number of nitro benzene ring substituents is 1. The number of ether oxygens (including phenoxy) is 2. The highest BCUT2D eigenvalue weighted by atomic mass is 32.2. The summed E-state index contributed by atoms with van der Waals surface area (Å²) >= 11 is 1.01. The number of anilines is 2. The van der Waals surface area contributed by atoms with Crippen LogP contribution in [0.1, 0.15) is 18.4 Å². The van der Waals surface area contributed by atoms with E-state index in [4.69, 9.17) is 9.47 Å². The van der Waals surface area contributed by atoms with Gasteiger partial charge in [-0.1, -0.05) is 36.0 Å². The molecule has 0 fully saturated rings. The van der Waals surface area contributed by atoms with Crippen molar-refractivity contribution in [3.05, 3.63) is 104 Å². The first-order chi connectivity index (χ1) is 20.7. The van der Waals surface area contributed by atoms with E-state index in [1.807, 2.05) is 6.07 Å². The lowest BCUT2D eigenvalue weighted by atomic mass is 9.82. The average molecular weight is 602 g/mol. The van der Waals surface area contributed by atoms with Crippen LogP contribution < -0.4 is 25.4 Å². The maximum atomic E-state index is 13.6. The molecule has 43 heavy (non-hydrogen) atoms. The van der Waals surface area contributed by atoms with Crippen molar-refractivity contribution in [1.29, 1.82) is 5.26 Å². The van der Waals surface area contributed by atoms with Crippen LogP contribution in [0.3, 0.4) is 0 Å². The van der Waals surface area contributed by atoms with Gasteiger partial charge < -0.3 is 30.5 Å². The maximum absolute atomic E-state index is 13.6. The molecule has 0 radical (unpaired) electrons. The number of hydrogen-bond acceptors (Lipinski definition) is 10. The molecule has 0 saturated heterocycles. The summed E-state index contributed by atoms with van der Waals surface area (Å²) in [7, 11) is 2.76. The number of allylic oxidation sites excluding steroid dienone is 2. The number of nitro groups is 1. The first-order valence-corrected chi connectivity index (χ1v) is 13.8. The highest BCUT2D eigenvalue weighted by Gasteiger charge is 2.35. The summed E-state index contributed by atoms with van der Waals surface area (Å²) in [5, 5.41) is 40.8. The van der Waals surface area contributed by atoms with Gasteiger partial charge in [0.25, 0.3) is 11.6 Å². The van der Waals surface area contributed by atoms with Gasteiger partial charge >= 0.3 is 0 Å². The summed E-state index contributed by atoms with van der Waals surface area (Å²) < 4.78 is 10.3. The molecule has 3 aromatic rings. The van der Waals surface area contributed by atoms with Crippen LogP contribution >= 0.6 is 11.8 Å². The highest BCUT2D eigenvalue weighted by Crippen LogP contribution is 2.43. The number of rotatable bonds is 10. The number of phenolic OH excluding ortho intramolecular Hbond substituents is 1. The normalized spacial score (nSPS) is 14.3. The van der Waals surface area contributed by atoms with E-state index >= 15 is 0 Å². The Labute approximate surface area is 251 Å². The number of phenols is 1. The maximum Gasteiger partial charge on any atom is 0.296 e. The number of nitriles is 1. The van der Waals surface area contributed by atoms with Crippen LogP contribution in [-0.2, 0) is 9.59 Å². The third-order valence-electron chi connectivity index (χ3n) is 6.48. The molecular weight excluding hydrogens is 574 g/mol. The summed E-state index contributed by atoms with van der Waals surface area (Å²) in [6, 6.07) is 19.6. The molecule has 1 aliphatic rings. The van der Waals surface area contributed by atoms with Crippen molar-refractivity contribution in [2.45, 2.75) is 12.8 Å². The fourth-order valence-corrected chi connectivity index (χ4v) is 5.37. The van der Waals surface area contributed by atoms with E-state index in [0.717, 1.165) is 11.8 Å². The molecule has 2 amide bonds. The largest absolute Gasteiger partial charge is 0.504 e. The lowest BCUT2D eigenvalue weighted by Crippen LogP contribution is -2.31. The molecule has 4 N–H and O–H groups in total. The van der Waals surface area contributed by atoms with E-state index in [1.54, 1.807) is 43.3 Å². The molecule has 0 saturated carbocycles. The van der Waals surface area contributed by atoms with Gasteiger partial charge in [-0.2, -0.15) is 5.26 Å². The minimum Gasteiger partial charge on any atom is -0.504 e. The molecule has 1 aliphatic heterocycles. The summed E-state index contributed by atoms with van der Waals surface area (Å²) in [5.41, 5.74) is 1.58. The van der Waals surface area contributed by atoms with Crippen LogP contribution in [0, 0.1) is 21.4 Å². The van der Waals surface area contributed by atoms with E-state index in [0.29, 0.717) is 22.0 Å². The lowest BCUT2D eigenvalue weighted by molar-refractivity contribution is -0.384. The van der Waals surface area contributed by atoms with Gasteiger partial charge in [-0.25, -0.2) is 0 Å². The van der Waals surface area contributed by atoms with Crippen molar-refractivity contribution in [2.75, 3.05) is 30.6 Å². The van der Waals surface area contributed by atoms with Gasteiger partial charge in [-0.3, -0.25) is 19.7 Å². The highest BCUT2D eigenvalue weighted by molar-refractivity contribution is 8.03. The quantitative estimate of drug-likeness (QED) is 0.182. The molecule has 3 aromatic carbocycles. The van der Waals surface area contributed by atoms with Gasteiger partial charge in [0, 0.05) is 17.0 Å². The number of amides is 2. The summed E-state index contributed by atoms with van der Waals surface area (Å²) in [5.74, 6) is -1.78. The number of benzene rings is 3. The number of carbonyl (C=O) groups excluding carboxylic acids is 2. The smallest absolute Gasteiger partial charge is 0.296 e. The minimum absolute atomic E-state index is 0.00694. The number of nitrogens with zero attached hydrogens (tertiary/aromatic N) is 2. The van der Waals surface area contributed by atoms with Gasteiger partial charge in [-0.15, -0.1) is 0 Å². The SMILES string of the molecule is COc1ccc(NC(=O)CSC2=C(C#N)[C@H](c3ccc(O)c(OC)c3)C(C(=O)Nc3ccccc3)=C(C)N2)c([N+](=O)[O-])c1. The van der Waals surface area contributed by atoms with E-state index in [-0.39, 0.29) is 45.5 Å².